The van der Waals surface area contributed by atoms with Gasteiger partial charge in [-0.25, -0.2) is 10.4 Å². The van der Waals surface area contributed by atoms with E-state index in [1.807, 2.05) is 24.5 Å². The molecule has 5 rings (SSSR count). The topological polar surface area (TPSA) is 76.5 Å². The second-order valence-electron chi connectivity index (χ2n) is 8.23. The Balaban J connectivity index is 1.38. The molecular formula is C22H30N6O2. The van der Waals surface area contributed by atoms with Gasteiger partial charge in [-0.15, -0.1) is 0 Å². The number of anilines is 1. The summed E-state index contributed by atoms with van der Waals surface area (Å²) < 4.78 is 13.1. The molecule has 8 heteroatoms. The van der Waals surface area contributed by atoms with Gasteiger partial charge < -0.3 is 14.8 Å². The predicted molar refractivity (Wildman–Crippen MR) is 114 cm³/mol. The fourth-order valence-corrected chi connectivity index (χ4v) is 4.70. The zero-order valence-corrected chi connectivity index (χ0v) is 17.5. The Morgan fingerprint density at radius 3 is 2.83 bits per heavy atom. The SMILES string of the molecule is COc1ccc(N2NC(c3cnn(CC4CCNCC4)c3)C3=C2CCOCC3)cn1. The van der Waals surface area contributed by atoms with E-state index in [0.29, 0.717) is 11.8 Å². The molecule has 0 spiro atoms. The van der Waals surface area contributed by atoms with E-state index < -0.39 is 0 Å². The third kappa shape index (κ3) is 3.95. The number of piperidine rings is 1. The number of hydrogen-bond donors (Lipinski definition) is 2. The molecule has 0 bridgehead atoms. The molecular weight excluding hydrogens is 380 g/mol. The van der Waals surface area contributed by atoms with Crippen molar-refractivity contribution in [3.05, 3.63) is 47.6 Å². The van der Waals surface area contributed by atoms with Crippen LogP contribution in [0.3, 0.4) is 0 Å². The van der Waals surface area contributed by atoms with Crippen molar-refractivity contribution >= 4 is 5.69 Å². The first-order valence-electron chi connectivity index (χ1n) is 10.9. The molecule has 1 fully saturated rings. The number of hydrogen-bond acceptors (Lipinski definition) is 7. The summed E-state index contributed by atoms with van der Waals surface area (Å²) in [6.45, 7) is 4.72. The molecule has 2 N–H and O–H groups in total. The van der Waals surface area contributed by atoms with Crippen LogP contribution in [-0.4, -0.2) is 48.2 Å². The number of pyridine rings is 1. The van der Waals surface area contributed by atoms with Crippen LogP contribution < -0.4 is 20.5 Å². The van der Waals surface area contributed by atoms with Crippen molar-refractivity contribution in [3.8, 4) is 5.88 Å². The lowest BCUT2D eigenvalue weighted by Gasteiger charge is -2.24. The first kappa shape index (κ1) is 19.5. The molecule has 2 aromatic rings. The molecule has 0 aliphatic carbocycles. The van der Waals surface area contributed by atoms with E-state index in [0.717, 1.165) is 51.4 Å². The first-order valence-corrected chi connectivity index (χ1v) is 10.9. The Kier molecular flexibility index (Phi) is 5.70. The highest BCUT2D eigenvalue weighted by Crippen LogP contribution is 2.39. The number of hydrazine groups is 1. The molecule has 160 valence electrons. The molecule has 1 atom stereocenters. The lowest BCUT2D eigenvalue weighted by molar-refractivity contribution is 0.144. The van der Waals surface area contributed by atoms with Gasteiger partial charge >= 0.3 is 0 Å². The summed E-state index contributed by atoms with van der Waals surface area (Å²) in [7, 11) is 1.64. The van der Waals surface area contributed by atoms with E-state index in [9.17, 15) is 0 Å². The lowest BCUT2D eigenvalue weighted by atomic mass is 9.97. The molecule has 3 aliphatic rings. The van der Waals surface area contributed by atoms with E-state index >= 15 is 0 Å². The van der Waals surface area contributed by atoms with Gasteiger partial charge in [0.05, 0.1) is 44.4 Å². The van der Waals surface area contributed by atoms with Crippen LogP contribution >= 0.6 is 0 Å². The van der Waals surface area contributed by atoms with Crippen LogP contribution in [0, 0.1) is 5.92 Å². The smallest absolute Gasteiger partial charge is 0.213 e. The summed E-state index contributed by atoms with van der Waals surface area (Å²) in [5.74, 6) is 1.32. The molecule has 3 aliphatic heterocycles. The molecule has 30 heavy (non-hydrogen) atoms. The fraction of sp³-hybridized carbons (Fsp3) is 0.545. The quantitative estimate of drug-likeness (QED) is 0.784. The van der Waals surface area contributed by atoms with Gasteiger partial charge in [-0.05, 0) is 49.9 Å². The van der Waals surface area contributed by atoms with Crippen molar-refractivity contribution in [2.75, 3.05) is 38.4 Å². The summed E-state index contributed by atoms with van der Waals surface area (Å²) in [6, 6.07) is 4.05. The zero-order valence-electron chi connectivity index (χ0n) is 17.5. The Morgan fingerprint density at radius 2 is 2.03 bits per heavy atom. The minimum absolute atomic E-state index is 0.116. The highest BCUT2D eigenvalue weighted by atomic mass is 16.5. The van der Waals surface area contributed by atoms with E-state index in [1.165, 1.54) is 29.7 Å². The van der Waals surface area contributed by atoms with Crippen molar-refractivity contribution in [1.82, 2.24) is 25.5 Å². The van der Waals surface area contributed by atoms with Crippen LogP contribution in [0.15, 0.2) is 42.0 Å². The summed E-state index contributed by atoms with van der Waals surface area (Å²) in [4.78, 5) is 4.39. The largest absolute Gasteiger partial charge is 0.481 e. The van der Waals surface area contributed by atoms with Crippen LogP contribution in [0.5, 0.6) is 5.88 Å². The molecule has 0 radical (unpaired) electrons. The molecule has 5 heterocycles. The second kappa shape index (κ2) is 8.75. The van der Waals surface area contributed by atoms with Crippen molar-refractivity contribution in [2.45, 2.75) is 38.3 Å². The highest BCUT2D eigenvalue weighted by molar-refractivity contribution is 5.55. The summed E-state index contributed by atoms with van der Waals surface area (Å²) >= 11 is 0. The van der Waals surface area contributed by atoms with Crippen LogP contribution in [-0.2, 0) is 11.3 Å². The molecule has 2 aromatic heterocycles. The minimum Gasteiger partial charge on any atom is -0.481 e. The predicted octanol–water partition coefficient (Wildman–Crippen LogP) is 2.42. The van der Waals surface area contributed by atoms with Gasteiger partial charge in [0, 0.05) is 36.5 Å². The van der Waals surface area contributed by atoms with E-state index in [-0.39, 0.29) is 6.04 Å². The van der Waals surface area contributed by atoms with Crippen molar-refractivity contribution in [1.29, 1.82) is 0 Å². The molecule has 0 aromatic carbocycles. The number of nitrogens with zero attached hydrogens (tertiary/aromatic N) is 4. The van der Waals surface area contributed by atoms with Gasteiger partial charge in [-0.3, -0.25) is 9.69 Å². The molecule has 0 saturated carbocycles. The van der Waals surface area contributed by atoms with E-state index in [1.54, 1.807) is 7.11 Å². The van der Waals surface area contributed by atoms with Crippen LogP contribution in [0.2, 0.25) is 0 Å². The second-order valence-corrected chi connectivity index (χ2v) is 8.23. The maximum absolute atomic E-state index is 5.78. The third-order valence-electron chi connectivity index (χ3n) is 6.32. The lowest BCUT2D eigenvalue weighted by Crippen LogP contribution is -2.34. The summed E-state index contributed by atoms with van der Waals surface area (Å²) in [5, 5.41) is 10.3. The highest BCUT2D eigenvalue weighted by Gasteiger charge is 2.34. The Hall–Kier alpha value is -2.42. The molecule has 0 amide bonds. The zero-order chi connectivity index (χ0) is 20.3. The minimum atomic E-state index is 0.116. The monoisotopic (exact) mass is 410 g/mol. The van der Waals surface area contributed by atoms with Gasteiger partial charge in [0.15, 0.2) is 0 Å². The average molecular weight is 411 g/mol. The van der Waals surface area contributed by atoms with E-state index in [2.05, 4.69) is 31.6 Å². The van der Waals surface area contributed by atoms with Crippen molar-refractivity contribution < 1.29 is 9.47 Å². The summed E-state index contributed by atoms with van der Waals surface area (Å²) in [5.41, 5.74) is 8.61. The first-order chi connectivity index (χ1) is 14.8. The van der Waals surface area contributed by atoms with Gasteiger partial charge in [0.2, 0.25) is 5.88 Å². The van der Waals surface area contributed by atoms with Gasteiger partial charge in [0.25, 0.3) is 0 Å². The van der Waals surface area contributed by atoms with Crippen LogP contribution in [0.1, 0.15) is 37.3 Å². The molecule has 1 unspecified atom stereocenters. The van der Waals surface area contributed by atoms with E-state index in [4.69, 9.17) is 14.6 Å². The maximum atomic E-state index is 5.78. The van der Waals surface area contributed by atoms with Crippen molar-refractivity contribution in [3.63, 3.8) is 0 Å². The number of nitrogens with one attached hydrogen (secondary N) is 2. The summed E-state index contributed by atoms with van der Waals surface area (Å²) in [6.07, 6.45) is 10.3. The third-order valence-corrected chi connectivity index (χ3v) is 6.32. The van der Waals surface area contributed by atoms with Crippen LogP contribution in [0.4, 0.5) is 5.69 Å². The average Bonchev–Trinajstić information content (AvgIpc) is 3.31. The van der Waals surface area contributed by atoms with Gasteiger partial charge in [-0.2, -0.15) is 5.10 Å². The number of methoxy groups -OCH3 is 1. The fourth-order valence-electron chi connectivity index (χ4n) is 4.70. The number of aromatic nitrogens is 3. The number of rotatable bonds is 5. The van der Waals surface area contributed by atoms with Gasteiger partial charge in [0.1, 0.15) is 0 Å². The Bertz CT molecular complexity index is 887. The maximum Gasteiger partial charge on any atom is 0.213 e. The molecule has 1 saturated heterocycles. The standard InChI is InChI=1S/C22H30N6O2/c1-29-21-3-2-18(13-24-21)28-20-7-11-30-10-6-19(20)22(26-28)17-12-25-27(15-17)14-16-4-8-23-9-5-16/h2-3,12-13,15-16,22-23,26H,4-11,14H2,1H3. The molecule has 8 nitrogen and oxygen atoms in total. The van der Waals surface area contributed by atoms with Crippen molar-refractivity contribution in [2.24, 2.45) is 5.92 Å². The van der Waals surface area contributed by atoms with Gasteiger partial charge in [-0.1, -0.05) is 0 Å². The normalized spacial score (nSPS) is 22.8. The van der Waals surface area contributed by atoms with Crippen LogP contribution in [0.25, 0.3) is 0 Å². The Labute approximate surface area is 177 Å². The Morgan fingerprint density at radius 1 is 1.17 bits per heavy atom. The number of ether oxygens (including phenoxy) is 2.